The smallest absolute Gasteiger partial charge is 0.307 e. The molecule has 1 heterocycles. The third-order valence-electron chi connectivity index (χ3n) is 4.52. The molecule has 1 aromatic heterocycles. The number of carboxylic acids is 1. The molecule has 4 atom stereocenters. The Kier molecular flexibility index (Phi) is 3.31. The molecular formula is C14H17NO3S. The van der Waals surface area contributed by atoms with E-state index in [1.165, 1.54) is 0 Å². The zero-order chi connectivity index (χ0) is 13.4. The van der Waals surface area contributed by atoms with Crippen LogP contribution in [0.3, 0.4) is 0 Å². The Morgan fingerprint density at radius 3 is 2.68 bits per heavy atom. The fourth-order valence-electron chi connectivity index (χ4n) is 3.73. The number of rotatable bonds is 4. The van der Waals surface area contributed by atoms with Gasteiger partial charge in [0.2, 0.25) is 5.91 Å². The highest BCUT2D eigenvalue weighted by molar-refractivity contribution is 7.09. The maximum Gasteiger partial charge on any atom is 0.307 e. The summed E-state index contributed by atoms with van der Waals surface area (Å²) in [5.41, 5.74) is 0. The average molecular weight is 279 g/mol. The SMILES string of the molecule is O=C(O)[C@@H]1[C@@H]2CC[C@@H](C2)[C@@H]1C(=O)NCc1cccs1. The fraction of sp³-hybridized carbons (Fsp3) is 0.571. The first kappa shape index (κ1) is 12.7. The van der Waals surface area contributed by atoms with E-state index in [4.69, 9.17) is 0 Å². The van der Waals surface area contributed by atoms with Crippen molar-refractivity contribution >= 4 is 23.2 Å². The Morgan fingerprint density at radius 1 is 1.32 bits per heavy atom. The van der Waals surface area contributed by atoms with E-state index in [9.17, 15) is 14.7 Å². The van der Waals surface area contributed by atoms with Crippen molar-refractivity contribution in [3.63, 3.8) is 0 Å². The number of thiophene rings is 1. The van der Waals surface area contributed by atoms with Crippen molar-refractivity contribution in [1.29, 1.82) is 0 Å². The molecule has 2 aliphatic rings. The van der Waals surface area contributed by atoms with Crippen molar-refractivity contribution in [2.24, 2.45) is 23.7 Å². The number of carbonyl (C=O) groups excluding carboxylic acids is 1. The zero-order valence-corrected chi connectivity index (χ0v) is 11.4. The predicted octanol–water partition coefficient (Wildman–Crippen LogP) is 2.11. The van der Waals surface area contributed by atoms with Crippen LogP contribution >= 0.6 is 11.3 Å². The first-order valence-corrected chi connectivity index (χ1v) is 7.57. The molecule has 0 spiro atoms. The normalized spacial score (nSPS) is 32.4. The Bertz CT molecular complexity index is 485. The van der Waals surface area contributed by atoms with Gasteiger partial charge in [-0.3, -0.25) is 9.59 Å². The number of aliphatic carboxylic acids is 1. The van der Waals surface area contributed by atoms with Crippen molar-refractivity contribution in [3.05, 3.63) is 22.4 Å². The van der Waals surface area contributed by atoms with Gasteiger partial charge >= 0.3 is 5.97 Å². The van der Waals surface area contributed by atoms with E-state index in [-0.39, 0.29) is 23.7 Å². The lowest BCUT2D eigenvalue weighted by atomic mass is 9.79. The molecule has 2 fully saturated rings. The Morgan fingerprint density at radius 2 is 2.05 bits per heavy atom. The summed E-state index contributed by atoms with van der Waals surface area (Å²) in [4.78, 5) is 24.7. The second-order valence-corrected chi connectivity index (χ2v) is 6.55. The molecule has 1 aromatic rings. The summed E-state index contributed by atoms with van der Waals surface area (Å²) in [5, 5.41) is 14.2. The summed E-state index contributed by atoms with van der Waals surface area (Å²) in [6, 6.07) is 3.92. The summed E-state index contributed by atoms with van der Waals surface area (Å²) >= 11 is 1.60. The Labute approximate surface area is 115 Å². The van der Waals surface area contributed by atoms with Crippen LogP contribution < -0.4 is 5.32 Å². The first-order valence-electron chi connectivity index (χ1n) is 6.69. The lowest BCUT2D eigenvalue weighted by Crippen LogP contribution is -2.40. The van der Waals surface area contributed by atoms with Gasteiger partial charge in [-0.15, -0.1) is 11.3 Å². The molecule has 5 heteroatoms. The van der Waals surface area contributed by atoms with Gasteiger partial charge in [0.25, 0.3) is 0 Å². The molecule has 102 valence electrons. The van der Waals surface area contributed by atoms with Crippen molar-refractivity contribution in [1.82, 2.24) is 5.32 Å². The molecule has 0 aromatic carbocycles. The van der Waals surface area contributed by atoms with E-state index >= 15 is 0 Å². The molecule has 4 nitrogen and oxygen atoms in total. The van der Waals surface area contributed by atoms with E-state index in [0.29, 0.717) is 6.54 Å². The van der Waals surface area contributed by atoms with Crippen LogP contribution in [0, 0.1) is 23.7 Å². The van der Waals surface area contributed by atoms with Gasteiger partial charge in [0.1, 0.15) is 0 Å². The first-order chi connectivity index (χ1) is 9.16. The minimum Gasteiger partial charge on any atom is -0.481 e. The number of fused-ring (bicyclic) bond motifs is 2. The van der Waals surface area contributed by atoms with Crippen LogP contribution in [0.5, 0.6) is 0 Å². The summed E-state index contributed by atoms with van der Waals surface area (Å²) < 4.78 is 0. The number of amides is 1. The zero-order valence-electron chi connectivity index (χ0n) is 10.5. The van der Waals surface area contributed by atoms with Gasteiger partial charge in [0.15, 0.2) is 0 Å². The third-order valence-corrected chi connectivity index (χ3v) is 5.40. The Balaban J connectivity index is 1.66. The van der Waals surface area contributed by atoms with Crippen LogP contribution in [0.25, 0.3) is 0 Å². The van der Waals surface area contributed by atoms with Gasteiger partial charge in [-0.25, -0.2) is 0 Å². The van der Waals surface area contributed by atoms with Crippen molar-refractivity contribution in [2.75, 3.05) is 0 Å². The standard InChI is InChI=1S/C14H17NO3S/c16-13(15-7-10-2-1-5-19-10)11-8-3-4-9(6-8)12(11)14(17)18/h1-2,5,8-9,11-12H,3-4,6-7H2,(H,15,16)(H,17,18)/t8-,9+,11-,12+/m0/s1. The number of carbonyl (C=O) groups is 2. The largest absolute Gasteiger partial charge is 0.481 e. The molecular weight excluding hydrogens is 262 g/mol. The second-order valence-electron chi connectivity index (χ2n) is 5.52. The molecule has 2 N–H and O–H groups in total. The molecule has 3 rings (SSSR count). The summed E-state index contributed by atoms with van der Waals surface area (Å²) in [6.45, 7) is 0.511. The van der Waals surface area contributed by atoms with E-state index in [2.05, 4.69) is 5.32 Å². The van der Waals surface area contributed by atoms with Crippen LogP contribution in [-0.2, 0) is 16.1 Å². The topological polar surface area (TPSA) is 66.4 Å². The van der Waals surface area contributed by atoms with Crippen LogP contribution in [-0.4, -0.2) is 17.0 Å². The van der Waals surface area contributed by atoms with Gasteiger partial charge in [0.05, 0.1) is 18.4 Å². The predicted molar refractivity (Wildman–Crippen MR) is 71.6 cm³/mol. The molecule has 2 aliphatic carbocycles. The van der Waals surface area contributed by atoms with Crippen molar-refractivity contribution in [2.45, 2.75) is 25.8 Å². The molecule has 0 aliphatic heterocycles. The van der Waals surface area contributed by atoms with Crippen molar-refractivity contribution in [3.8, 4) is 0 Å². The van der Waals surface area contributed by atoms with Crippen LogP contribution in [0.1, 0.15) is 24.1 Å². The average Bonchev–Trinajstić information content (AvgIpc) is 3.10. The highest BCUT2D eigenvalue weighted by Gasteiger charge is 2.53. The molecule has 0 unspecified atom stereocenters. The highest BCUT2D eigenvalue weighted by atomic mass is 32.1. The van der Waals surface area contributed by atoms with Crippen molar-refractivity contribution < 1.29 is 14.7 Å². The van der Waals surface area contributed by atoms with E-state index < -0.39 is 11.9 Å². The number of hydrogen-bond acceptors (Lipinski definition) is 3. The monoisotopic (exact) mass is 279 g/mol. The lowest BCUT2D eigenvalue weighted by molar-refractivity contribution is -0.149. The minimum absolute atomic E-state index is 0.0759. The fourth-order valence-corrected chi connectivity index (χ4v) is 4.37. The molecule has 1 amide bonds. The lowest BCUT2D eigenvalue weighted by Gasteiger charge is -2.26. The van der Waals surface area contributed by atoms with Crippen LogP contribution in [0.15, 0.2) is 17.5 Å². The van der Waals surface area contributed by atoms with E-state index in [1.54, 1.807) is 11.3 Å². The number of nitrogens with one attached hydrogen (secondary N) is 1. The van der Waals surface area contributed by atoms with E-state index in [1.807, 2.05) is 17.5 Å². The van der Waals surface area contributed by atoms with Crippen LogP contribution in [0.4, 0.5) is 0 Å². The molecule has 19 heavy (non-hydrogen) atoms. The summed E-state index contributed by atoms with van der Waals surface area (Å²) in [7, 11) is 0. The third kappa shape index (κ3) is 2.27. The highest BCUT2D eigenvalue weighted by Crippen LogP contribution is 2.52. The quantitative estimate of drug-likeness (QED) is 0.887. The number of hydrogen-bond donors (Lipinski definition) is 2. The summed E-state index contributed by atoms with van der Waals surface area (Å²) in [6.07, 6.45) is 2.88. The minimum atomic E-state index is -0.802. The second kappa shape index (κ2) is 4.96. The van der Waals surface area contributed by atoms with Gasteiger partial charge in [-0.2, -0.15) is 0 Å². The van der Waals surface area contributed by atoms with Gasteiger partial charge in [-0.05, 0) is 42.5 Å². The number of carboxylic acid groups (broad SMARTS) is 1. The molecule has 2 bridgehead atoms. The van der Waals surface area contributed by atoms with Gasteiger partial charge in [0, 0.05) is 4.88 Å². The maximum atomic E-state index is 12.3. The van der Waals surface area contributed by atoms with Crippen LogP contribution in [0.2, 0.25) is 0 Å². The maximum absolute atomic E-state index is 12.3. The van der Waals surface area contributed by atoms with Gasteiger partial charge in [-0.1, -0.05) is 6.07 Å². The molecule has 0 radical (unpaired) electrons. The molecule has 0 saturated heterocycles. The van der Waals surface area contributed by atoms with Gasteiger partial charge < -0.3 is 10.4 Å². The summed E-state index contributed by atoms with van der Waals surface area (Å²) in [5.74, 6) is -1.19. The van der Waals surface area contributed by atoms with E-state index in [0.717, 1.165) is 24.1 Å². The molecule has 2 saturated carbocycles. The Hall–Kier alpha value is -1.36.